The molecule has 1 saturated carbocycles. The van der Waals surface area contributed by atoms with E-state index in [0.717, 1.165) is 6.26 Å². The molecule has 0 N–H and O–H groups in total. The van der Waals surface area contributed by atoms with Crippen LogP contribution in [-0.4, -0.2) is 30.0 Å². The molecule has 9 heteroatoms. The summed E-state index contributed by atoms with van der Waals surface area (Å²) in [4.78, 5) is 14.1. The maximum absolute atomic E-state index is 11.5. The van der Waals surface area contributed by atoms with Crippen molar-refractivity contribution in [1.29, 1.82) is 0 Å². The first kappa shape index (κ1) is 13.6. The Kier molecular flexibility index (Phi) is 3.50. The molecule has 16 heavy (non-hydrogen) atoms. The van der Waals surface area contributed by atoms with E-state index in [2.05, 4.69) is 9.36 Å². The van der Waals surface area contributed by atoms with Gasteiger partial charge in [-0.05, 0) is 24.4 Å². The van der Waals surface area contributed by atoms with Gasteiger partial charge in [0.2, 0.25) is 0 Å². The average molecular weight is 254 g/mol. The van der Waals surface area contributed by atoms with Gasteiger partial charge >= 0.3 is 18.9 Å². The number of aromatic nitrogens is 2. The Balaban J connectivity index is 0.00000128. The minimum atomic E-state index is -3.29. The van der Waals surface area contributed by atoms with Crippen molar-refractivity contribution in [3.05, 3.63) is 10.8 Å². The summed E-state index contributed by atoms with van der Waals surface area (Å²) in [5.41, 5.74) is 0. The summed E-state index contributed by atoms with van der Waals surface area (Å²) in [5.74, 6) is -1.34. The molecule has 0 bridgehead atoms. The molecule has 0 unspecified atom stereocenters. The van der Waals surface area contributed by atoms with Gasteiger partial charge in [-0.1, -0.05) is 0 Å². The molecule has 1 heterocycles. The molecule has 0 atom stereocenters. The number of aromatic carboxylic acids is 1. The molecule has 82 valence electrons. The van der Waals surface area contributed by atoms with Gasteiger partial charge in [0.1, 0.15) is 10.7 Å². The normalized spacial score (nSPS) is 17.6. The summed E-state index contributed by atoms with van der Waals surface area (Å²) in [6, 6.07) is 0. The van der Waals surface area contributed by atoms with Gasteiger partial charge in [0.05, 0.1) is 0 Å². The summed E-state index contributed by atoms with van der Waals surface area (Å²) in [5, 5.41) is 10.2. The first-order valence-corrected chi connectivity index (χ1v) is 6.78. The maximum Gasteiger partial charge on any atom is 1.00 e. The molecular formula is C7H7LiN2O4S2. The SMILES string of the molecule is CS(=O)(=O)C1(c2nsc(C(=O)[O-])n2)CC1.[Li+]. The number of rotatable bonds is 3. The minimum absolute atomic E-state index is 0. The largest absolute Gasteiger partial charge is 1.00 e. The Morgan fingerprint density at radius 2 is 2.06 bits per heavy atom. The van der Waals surface area contributed by atoms with Crippen molar-refractivity contribution >= 4 is 27.3 Å². The fourth-order valence-electron chi connectivity index (χ4n) is 1.37. The molecule has 1 fully saturated rings. The van der Waals surface area contributed by atoms with Gasteiger partial charge in [-0.25, -0.2) is 13.4 Å². The molecule has 0 aromatic carbocycles. The number of sulfone groups is 1. The fourth-order valence-corrected chi connectivity index (χ4v) is 3.28. The molecule has 1 aliphatic carbocycles. The van der Waals surface area contributed by atoms with E-state index in [1.807, 2.05) is 0 Å². The topological polar surface area (TPSA) is 100 Å². The second-order valence-corrected chi connectivity index (χ2v) is 6.55. The predicted octanol–water partition coefficient (Wildman–Crippen LogP) is -4.06. The van der Waals surface area contributed by atoms with E-state index >= 15 is 0 Å². The third kappa shape index (κ3) is 2.02. The predicted molar refractivity (Wildman–Crippen MR) is 50.0 cm³/mol. The van der Waals surface area contributed by atoms with E-state index in [4.69, 9.17) is 0 Å². The zero-order valence-electron chi connectivity index (χ0n) is 8.76. The van der Waals surface area contributed by atoms with Crippen molar-refractivity contribution in [2.75, 3.05) is 6.26 Å². The van der Waals surface area contributed by atoms with Crippen LogP contribution >= 0.6 is 11.5 Å². The van der Waals surface area contributed by atoms with E-state index in [1.165, 1.54) is 0 Å². The van der Waals surface area contributed by atoms with Crippen LogP contribution in [0.1, 0.15) is 28.5 Å². The molecule has 0 saturated heterocycles. The van der Waals surface area contributed by atoms with Crippen LogP contribution in [0.3, 0.4) is 0 Å². The van der Waals surface area contributed by atoms with Crippen LogP contribution in [0.4, 0.5) is 0 Å². The maximum atomic E-state index is 11.5. The Hall–Kier alpha value is -0.423. The van der Waals surface area contributed by atoms with Crippen molar-refractivity contribution in [3.8, 4) is 0 Å². The van der Waals surface area contributed by atoms with E-state index < -0.39 is 20.6 Å². The number of hydrogen-bond donors (Lipinski definition) is 0. The minimum Gasteiger partial charge on any atom is -0.542 e. The average Bonchev–Trinajstić information content (AvgIpc) is 2.77. The fraction of sp³-hybridized carbons (Fsp3) is 0.571. The van der Waals surface area contributed by atoms with E-state index in [9.17, 15) is 18.3 Å². The molecule has 2 rings (SSSR count). The zero-order valence-corrected chi connectivity index (χ0v) is 10.4. The Bertz CT molecular complexity index is 520. The molecule has 6 nitrogen and oxygen atoms in total. The van der Waals surface area contributed by atoms with E-state index in [1.54, 1.807) is 0 Å². The number of carboxylic acids is 1. The van der Waals surface area contributed by atoms with Gasteiger partial charge in [-0.3, -0.25) is 0 Å². The van der Waals surface area contributed by atoms with Gasteiger partial charge in [-0.15, -0.1) is 0 Å². The van der Waals surface area contributed by atoms with Gasteiger partial charge in [0.15, 0.2) is 20.7 Å². The molecule has 0 spiro atoms. The monoisotopic (exact) mass is 254 g/mol. The van der Waals surface area contributed by atoms with Crippen molar-refractivity contribution in [2.45, 2.75) is 17.6 Å². The van der Waals surface area contributed by atoms with Gasteiger partial charge < -0.3 is 9.90 Å². The van der Waals surface area contributed by atoms with Crippen molar-refractivity contribution in [2.24, 2.45) is 0 Å². The second-order valence-electron chi connectivity index (χ2n) is 3.48. The Morgan fingerprint density at radius 1 is 1.50 bits per heavy atom. The van der Waals surface area contributed by atoms with E-state index in [-0.39, 0.29) is 29.7 Å². The van der Waals surface area contributed by atoms with Crippen molar-refractivity contribution < 1.29 is 37.2 Å². The first-order valence-electron chi connectivity index (χ1n) is 4.12. The molecule has 0 radical (unpaired) electrons. The summed E-state index contributed by atoms with van der Waals surface area (Å²) in [6.45, 7) is 0. The van der Waals surface area contributed by atoms with Crippen LogP contribution in [0.5, 0.6) is 0 Å². The van der Waals surface area contributed by atoms with Crippen LogP contribution in [0.15, 0.2) is 0 Å². The molecule has 0 amide bonds. The summed E-state index contributed by atoms with van der Waals surface area (Å²) >= 11 is 0.653. The Morgan fingerprint density at radius 3 is 2.38 bits per heavy atom. The number of nitrogens with zero attached hydrogens (tertiary/aromatic N) is 2. The van der Waals surface area contributed by atoms with Gasteiger partial charge in [0, 0.05) is 6.26 Å². The summed E-state index contributed by atoms with van der Waals surface area (Å²) in [7, 11) is -3.29. The molecular weight excluding hydrogens is 247 g/mol. The van der Waals surface area contributed by atoms with E-state index in [0.29, 0.717) is 24.4 Å². The van der Waals surface area contributed by atoms with Crippen LogP contribution in [0.25, 0.3) is 0 Å². The van der Waals surface area contributed by atoms with Crippen LogP contribution < -0.4 is 24.0 Å². The van der Waals surface area contributed by atoms with Gasteiger partial charge in [-0.2, -0.15) is 4.37 Å². The summed E-state index contributed by atoms with van der Waals surface area (Å²) < 4.78 is 25.6. The van der Waals surface area contributed by atoms with Crippen LogP contribution in [-0.2, 0) is 14.6 Å². The smallest absolute Gasteiger partial charge is 0.542 e. The third-order valence-corrected chi connectivity index (χ3v) is 5.13. The number of carbonyl (C=O) groups is 1. The zero-order chi connectivity index (χ0) is 11.3. The molecule has 1 aromatic heterocycles. The summed E-state index contributed by atoms with van der Waals surface area (Å²) in [6.07, 6.45) is 2.02. The second kappa shape index (κ2) is 4.11. The first-order chi connectivity index (χ1) is 6.87. The molecule has 1 aromatic rings. The van der Waals surface area contributed by atoms with Crippen LogP contribution in [0.2, 0.25) is 0 Å². The number of carbonyl (C=O) groups excluding carboxylic acids is 1. The number of carboxylic acid groups (broad SMARTS) is 1. The van der Waals surface area contributed by atoms with Crippen LogP contribution in [0, 0.1) is 0 Å². The quantitative estimate of drug-likeness (QED) is 0.509. The van der Waals surface area contributed by atoms with Crippen molar-refractivity contribution in [3.63, 3.8) is 0 Å². The third-order valence-electron chi connectivity index (χ3n) is 2.42. The number of hydrogen-bond acceptors (Lipinski definition) is 7. The Labute approximate surface area is 108 Å². The molecule has 1 aliphatic rings. The van der Waals surface area contributed by atoms with Crippen molar-refractivity contribution in [1.82, 2.24) is 9.36 Å². The standard InChI is InChI=1S/C7H8N2O4S2.Li/c1-15(12,13)7(2-3-7)6-8-4(5(10)11)14-9-6;/h2-3H2,1H3,(H,10,11);/q;+1/p-1. The van der Waals surface area contributed by atoms with Gasteiger partial charge in [0.25, 0.3) is 0 Å². The molecule has 0 aliphatic heterocycles.